The summed E-state index contributed by atoms with van der Waals surface area (Å²) in [6.07, 6.45) is 3.35. The summed E-state index contributed by atoms with van der Waals surface area (Å²) in [5, 5.41) is 3.09. The smallest absolute Gasteiger partial charge is 0.251 e. The number of rotatable bonds is 8. The molecule has 1 fully saturated rings. The van der Waals surface area contributed by atoms with Crippen LogP contribution >= 0.6 is 0 Å². The third-order valence-corrected chi connectivity index (χ3v) is 4.96. The number of likely N-dealkylation sites (tertiary alicyclic amines) is 1. The molecule has 0 aliphatic carbocycles. The zero-order valence-corrected chi connectivity index (χ0v) is 16.0. The summed E-state index contributed by atoms with van der Waals surface area (Å²) in [5.41, 5.74) is 8.33. The molecular formula is C22H29N3O2. The highest BCUT2D eigenvalue weighted by atomic mass is 16.5. The Bertz CT molecular complexity index is 742. The Labute approximate surface area is 161 Å². The number of hydrogen-bond donors (Lipinski definition) is 2. The molecule has 1 atom stereocenters. The highest BCUT2D eigenvalue weighted by Crippen LogP contribution is 2.25. The van der Waals surface area contributed by atoms with Gasteiger partial charge in [0.05, 0.1) is 18.3 Å². The number of ether oxygens (including phenoxy) is 1. The molecule has 3 N–H and O–H groups in total. The van der Waals surface area contributed by atoms with Crippen LogP contribution < -0.4 is 15.8 Å². The first-order chi connectivity index (χ1) is 13.2. The van der Waals surface area contributed by atoms with E-state index < -0.39 is 0 Å². The van der Waals surface area contributed by atoms with Gasteiger partial charge in [0.1, 0.15) is 5.75 Å². The Morgan fingerprint density at radius 3 is 2.59 bits per heavy atom. The fraction of sp³-hybridized carbons (Fsp3) is 0.409. The molecule has 1 unspecified atom stereocenters. The summed E-state index contributed by atoms with van der Waals surface area (Å²) >= 11 is 0. The molecule has 2 aromatic rings. The number of nitrogens with zero attached hydrogens (tertiary/aromatic N) is 1. The van der Waals surface area contributed by atoms with Crippen LogP contribution in [0.25, 0.3) is 0 Å². The predicted molar refractivity (Wildman–Crippen MR) is 109 cm³/mol. The minimum absolute atomic E-state index is 0.108. The molecule has 1 heterocycles. The molecule has 27 heavy (non-hydrogen) atoms. The van der Waals surface area contributed by atoms with Crippen LogP contribution in [0.5, 0.6) is 5.75 Å². The van der Waals surface area contributed by atoms with Crippen LogP contribution in [0.15, 0.2) is 48.5 Å². The number of hydrogen-bond acceptors (Lipinski definition) is 4. The quantitative estimate of drug-likeness (QED) is 0.699. The molecule has 0 aromatic heterocycles. The highest BCUT2D eigenvalue weighted by Gasteiger charge is 2.24. The van der Waals surface area contributed by atoms with Crippen LogP contribution in [0.1, 0.15) is 48.1 Å². The van der Waals surface area contributed by atoms with E-state index in [1.165, 1.54) is 18.4 Å². The summed E-state index contributed by atoms with van der Waals surface area (Å²) in [5.74, 6) is 0.525. The molecule has 0 spiro atoms. The van der Waals surface area contributed by atoms with E-state index in [1.54, 1.807) is 18.2 Å². The number of nitrogens with two attached hydrogens (primary N) is 1. The Morgan fingerprint density at radius 1 is 1.19 bits per heavy atom. The van der Waals surface area contributed by atoms with E-state index in [1.807, 2.05) is 13.0 Å². The SMILES string of the molecule is CCCOc1ccc(C(=O)NCC(c2ccccc2)N2CCCC2)cc1N. The Morgan fingerprint density at radius 2 is 1.93 bits per heavy atom. The van der Waals surface area contributed by atoms with Crippen molar-refractivity contribution >= 4 is 11.6 Å². The molecule has 5 heteroatoms. The topological polar surface area (TPSA) is 67.6 Å². The molecule has 1 aliphatic rings. The van der Waals surface area contributed by atoms with E-state index in [-0.39, 0.29) is 11.9 Å². The Balaban J connectivity index is 1.66. The van der Waals surface area contributed by atoms with E-state index in [0.717, 1.165) is 19.5 Å². The number of nitrogen functional groups attached to an aromatic ring is 1. The van der Waals surface area contributed by atoms with Crippen molar-refractivity contribution in [2.24, 2.45) is 0 Å². The van der Waals surface area contributed by atoms with Crippen molar-refractivity contribution < 1.29 is 9.53 Å². The van der Waals surface area contributed by atoms with Gasteiger partial charge in [-0.25, -0.2) is 0 Å². The summed E-state index contributed by atoms with van der Waals surface area (Å²) < 4.78 is 5.58. The minimum Gasteiger partial charge on any atom is -0.491 e. The molecule has 1 amide bonds. The van der Waals surface area contributed by atoms with Crippen molar-refractivity contribution in [3.63, 3.8) is 0 Å². The van der Waals surface area contributed by atoms with Gasteiger partial charge >= 0.3 is 0 Å². The maximum absolute atomic E-state index is 12.6. The summed E-state index contributed by atoms with van der Waals surface area (Å²) in [7, 11) is 0. The highest BCUT2D eigenvalue weighted by molar-refractivity contribution is 5.95. The number of carbonyl (C=O) groups excluding carboxylic acids is 1. The average Bonchev–Trinajstić information content (AvgIpc) is 3.22. The lowest BCUT2D eigenvalue weighted by Gasteiger charge is -2.28. The van der Waals surface area contributed by atoms with Gasteiger partial charge in [0, 0.05) is 12.1 Å². The van der Waals surface area contributed by atoms with Crippen LogP contribution in [0.2, 0.25) is 0 Å². The van der Waals surface area contributed by atoms with E-state index in [2.05, 4.69) is 34.5 Å². The molecule has 5 nitrogen and oxygen atoms in total. The molecular weight excluding hydrogens is 338 g/mol. The third-order valence-electron chi connectivity index (χ3n) is 4.96. The van der Waals surface area contributed by atoms with Crippen LogP contribution in [-0.2, 0) is 0 Å². The van der Waals surface area contributed by atoms with Crippen LogP contribution in [0.4, 0.5) is 5.69 Å². The van der Waals surface area contributed by atoms with Crippen molar-refractivity contribution in [3.05, 3.63) is 59.7 Å². The molecule has 3 rings (SSSR count). The molecule has 1 aliphatic heterocycles. The van der Waals surface area contributed by atoms with Gasteiger partial charge in [0.15, 0.2) is 0 Å². The largest absolute Gasteiger partial charge is 0.491 e. The predicted octanol–water partition coefficient (Wildman–Crippen LogP) is 3.62. The van der Waals surface area contributed by atoms with Crippen LogP contribution in [-0.4, -0.2) is 37.0 Å². The Kier molecular flexibility index (Phi) is 6.71. The third kappa shape index (κ3) is 5.01. The van der Waals surface area contributed by atoms with Crippen molar-refractivity contribution in [1.82, 2.24) is 10.2 Å². The Hall–Kier alpha value is -2.53. The molecule has 0 saturated carbocycles. The van der Waals surface area contributed by atoms with Gasteiger partial charge in [-0.1, -0.05) is 37.3 Å². The fourth-order valence-corrected chi connectivity index (χ4v) is 3.51. The lowest BCUT2D eigenvalue weighted by atomic mass is 10.1. The minimum atomic E-state index is -0.108. The second kappa shape index (κ2) is 9.42. The van der Waals surface area contributed by atoms with Crippen LogP contribution in [0, 0.1) is 0 Å². The molecule has 0 bridgehead atoms. The molecule has 2 aromatic carbocycles. The first-order valence-corrected chi connectivity index (χ1v) is 9.78. The van der Waals surface area contributed by atoms with E-state index >= 15 is 0 Å². The molecule has 144 valence electrons. The summed E-state index contributed by atoms with van der Waals surface area (Å²) in [6, 6.07) is 15.8. The maximum Gasteiger partial charge on any atom is 0.251 e. The van der Waals surface area contributed by atoms with E-state index in [0.29, 0.717) is 30.2 Å². The van der Waals surface area contributed by atoms with Gasteiger partial charge in [0.2, 0.25) is 0 Å². The van der Waals surface area contributed by atoms with Gasteiger partial charge in [-0.15, -0.1) is 0 Å². The van der Waals surface area contributed by atoms with Gasteiger partial charge in [-0.2, -0.15) is 0 Å². The fourth-order valence-electron chi connectivity index (χ4n) is 3.51. The van der Waals surface area contributed by atoms with Crippen molar-refractivity contribution in [3.8, 4) is 5.75 Å². The summed E-state index contributed by atoms with van der Waals surface area (Å²) in [4.78, 5) is 15.1. The standard InChI is InChI=1S/C22H29N3O2/c1-2-14-27-21-11-10-18(15-19(21)23)22(26)24-16-20(25-12-6-7-13-25)17-8-4-3-5-9-17/h3-5,8-11,15,20H,2,6-7,12-14,16,23H2,1H3,(H,24,26). The number of amides is 1. The van der Waals surface area contributed by atoms with Gasteiger partial charge < -0.3 is 15.8 Å². The maximum atomic E-state index is 12.6. The average molecular weight is 367 g/mol. The van der Waals surface area contributed by atoms with Crippen molar-refractivity contribution in [2.75, 3.05) is 32.0 Å². The second-order valence-electron chi connectivity index (χ2n) is 6.98. The zero-order valence-electron chi connectivity index (χ0n) is 16.0. The van der Waals surface area contributed by atoms with Gasteiger partial charge in [-0.3, -0.25) is 9.69 Å². The molecule has 0 radical (unpaired) electrons. The number of benzene rings is 2. The molecule has 1 saturated heterocycles. The van der Waals surface area contributed by atoms with Gasteiger partial charge in [-0.05, 0) is 56.1 Å². The van der Waals surface area contributed by atoms with E-state index in [9.17, 15) is 4.79 Å². The number of anilines is 1. The van der Waals surface area contributed by atoms with Crippen LogP contribution in [0.3, 0.4) is 0 Å². The second-order valence-corrected chi connectivity index (χ2v) is 6.98. The normalized spacial score (nSPS) is 15.4. The lowest BCUT2D eigenvalue weighted by Crippen LogP contribution is -2.36. The number of carbonyl (C=O) groups is 1. The number of nitrogens with one attached hydrogen (secondary N) is 1. The monoisotopic (exact) mass is 367 g/mol. The first-order valence-electron chi connectivity index (χ1n) is 9.78. The lowest BCUT2D eigenvalue weighted by molar-refractivity contribution is 0.0938. The van der Waals surface area contributed by atoms with Gasteiger partial charge in [0.25, 0.3) is 5.91 Å². The van der Waals surface area contributed by atoms with E-state index in [4.69, 9.17) is 10.5 Å². The first kappa shape index (κ1) is 19.2. The summed E-state index contributed by atoms with van der Waals surface area (Å²) in [6.45, 7) is 5.39. The zero-order chi connectivity index (χ0) is 19.1. The van der Waals surface area contributed by atoms with Crippen molar-refractivity contribution in [2.45, 2.75) is 32.2 Å². The van der Waals surface area contributed by atoms with Crippen molar-refractivity contribution in [1.29, 1.82) is 0 Å².